The lowest BCUT2D eigenvalue weighted by Crippen LogP contribution is -2.41. The van der Waals surface area contributed by atoms with Crippen LogP contribution >= 0.6 is 0 Å². The molecule has 1 fully saturated rings. The van der Waals surface area contributed by atoms with Crippen molar-refractivity contribution < 1.29 is 23.8 Å². The van der Waals surface area contributed by atoms with Crippen molar-refractivity contribution in [3.05, 3.63) is 30.5 Å². The Kier molecular flexibility index (Phi) is 5.14. The van der Waals surface area contributed by atoms with Gasteiger partial charge in [-0.3, -0.25) is 4.79 Å². The Bertz CT molecular complexity index is 480. The van der Waals surface area contributed by atoms with Crippen LogP contribution in [0.25, 0.3) is 0 Å². The van der Waals surface area contributed by atoms with E-state index in [0.717, 1.165) is 6.42 Å². The molecule has 0 amide bonds. The molecule has 6 nitrogen and oxygen atoms in total. The van der Waals surface area contributed by atoms with Gasteiger partial charge in [0.25, 0.3) is 0 Å². The molecule has 21 heavy (non-hydrogen) atoms. The topological polar surface area (TPSA) is 81.8 Å². The maximum absolute atomic E-state index is 10.4. The Balaban J connectivity index is 1.95. The zero-order chi connectivity index (χ0) is 15.3. The molecule has 2 heterocycles. The lowest BCUT2D eigenvalue weighted by atomic mass is 9.95. The van der Waals surface area contributed by atoms with Gasteiger partial charge in [0.15, 0.2) is 17.9 Å². The van der Waals surface area contributed by atoms with E-state index in [2.05, 4.69) is 4.98 Å². The first-order valence-corrected chi connectivity index (χ1v) is 7.05. The first-order chi connectivity index (χ1) is 9.98. The van der Waals surface area contributed by atoms with Crippen molar-refractivity contribution in [1.82, 2.24) is 4.98 Å². The van der Waals surface area contributed by atoms with Crippen LogP contribution in [0.4, 0.5) is 0 Å². The number of allylic oxidation sites excluding steroid dienone is 2. The predicted octanol–water partition coefficient (Wildman–Crippen LogP) is 2.93. The average Bonchev–Trinajstić information content (AvgIpc) is 2.93. The molecule has 0 aromatic carbocycles. The summed E-state index contributed by atoms with van der Waals surface area (Å²) in [5.74, 6) is -0.631. The van der Waals surface area contributed by atoms with Gasteiger partial charge in [-0.1, -0.05) is 12.2 Å². The van der Waals surface area contributed by atoms with Crippen LogP contribution in [-0.4, -0.2) is 28.5 Å². The number of hydrogen-bond acceptors (Lipinski definition) is 5. The standard InChI is InChI=1S/C15H21NO5/c1-15(2)20-9-11(6-4-3-5-7-13(17)18)14(21-15)12-8-16-10-19-12/h3-4,8,10-11,14H,5-7,9H2,1-2H3,(H,17,18)/b4-3-/t11-,14+/m1/s1. The van der Waals surface area contributed by atoms with E-state index >= 15 is 0 Å². The molecule has 0 aliphatic carbocycles. The Morgan fingerprint density at radius 1 is 1.52 bits per heavy atom. The van der Waals surface area contributed by atoms with E-state index in [9.17, 15) is 4.79 Å². The van der Waals surface area contributed by atoms with Crippen LogP contribution in [0.5, 0.6) is 0 Å². The SMILES string of the molecule is CC1(C)OC[C@@H](C/C=C\CCC(=O)O)[C@@H](c2cnco2)O1. The van der Waals surface area contributed by atoms with Crippen molar-refractivity contribution in [3.63, 3.8) is 0 Å². The molecule has 0 radical (unpaired) electrons. The van der Waals surface area contributed by atoms with E-state index in [1.807, 2.05) is 26.0 Å². The zero-order valence-electron chi connectivity index (χ0n) is 12.3. The number of carboxylic acid groups (broad SMARTS) is 1. The summed E-state index contributed by atoms with van der Waals surface area (Å²) in [6.45, 7) is 4.30. The molecular weight excluding hydrogens is 274 g/mol. The lowest BCUT2D eigenvalue weighted by Gasteiger charge is -2.39. The molecule has 1 N–H and O–H groups in total. The van der Waals surface area contributed by atoms with Crippen molar-refractivity contribution in [2.45, 2.75) is 45.0 Å². The number of aromatic nitrogens is 1. The zero-order valence-corrected chi connectivity index (χ0v) is 12.3. The van der Waals surface area contributed by atoms with Crippen molar-refractivity contribution in [2.24, 2.45) is 5.92 Å². The second-order valence-corrected chi connectivity index (χ2v) is 5.55. The van der Waals surface area contributed by atoms with Crippen LogP contribution in [0.15, 0.2) is 29.2 Å². The highest BCUT2D eigenvalue weighted by Gasteiger charge is 2.38. The van der Waals surface area contributed by atoms with E-state index in [4.69, 9.17) is 19.0 Å². The fourth-order valence-corrected chi connectivity index (χ4v) is 2.27. The molecule has 2 atom stereocenters. The van der Waals surface area contributed by atoms with Gasteiger partial charge in [-0.15, -0.1) is 0 Å². The third kappa shape index (κ3) is 4.68. The number of carboxylic acids is 1. The summed E-state index contributed by atoms with van der Waals surface area (Å²) in [6, 6.07) is 0. The van der Waals surface area contributed by atoms with Gasteiger partial charge in [0.1, 0.15) is 6.10 Å². The second-order valence-electron chi connectivity index (χ2n) is 5.55. The minimum absolute atomic E-state index is 0.118. The summed E-state index contributed by atoms with van der Waals surface area (Å²) in [6.07, 6.45) is 8.11. The second kappa shape index (κ2) is 6.87. The van der Waals surface area contributed by atoms with Gasteiger partial charge in [0.05, 0.1) is 12.8 Å². The largest absolute Gasteiger partial charge is 0.481 e. The van der Waals surface area contributed by atoms with E-state index in [-0.39, 0.29) is 18.4 Å². The van der Waals surface area contributed by atoms with Crippen LogP contribution < -0.4 is 0 Å². The Morgan fingerprint density at radius 2 is 2.33 bits per heavy atom. The molecule has 0 spiro atoms. The number of hydrogen-bond donors (Lipinski definition) is 1. The van der Waals surface area contributed by atoms with Crippen LogP contribution in [0.2, 0.25) is 0 Å². The Labute approximate surface area is 123 Å². The van der Waals surface area contributed by atoms with Gasteiger partial charge in [-0.25, -0.2) is 4.98 Å². The molecule has 2 rings (SSSR count). The van der Waals surface area contributed by atoms with Crippen LogP contribution in [0.1, 0.15) is 45.0 Å². The minimum atomic E-state index is -0.787. The minimum Gasteiger partial charge on any atom is -0.481 e. The quantitative estimate of drug-likeness (QED) is 0.813. The van der Waals surface area contributed by atoms with Crippen LogP contribution in [0.3, 0.4) is 0 Å². The average molecular weight is 295 g/mol. The monoisotopic (exact) mass is 295 g/mol. The third-order valence-electron chi connectivity index (χ3n) is 3.35. The van der Waals surface area contributed by atoms with E-state index in [0.29, 0.717) is 18.8 Å². The first-order valence-electron chi connectivity index (χ1n) is 7.05. The van der Waals surface area contributed by atoms with Gasteiger partial charge in [0, 0.05) is 12.3 Å². The van der Waals surface area contributed by atoms with Crippen molar-refractivity contribution in [2.75, 3.05) is 6.61 Å². The molecule has 0 unspecified atom stereocenters. The number of oxazole rings is 1. The third-order valence-corrected chi connectivity index (χ3v) is 3.35. The van der Waals surface area contributed by atoms with Crippen molar-refractivity contribution in [3.8, 4) is 0 Å². The molecule has 1 saturated heterocycles. The summed E-state index contributed by atoms with van der Waals surface area (Å²) < 4.78 is 17.0. The summed E-state index contributed by atoms with van der Waals surface area (Å²) in [5, 5.41) is 8.59. The molecule has 1 aromatic rings. The van der Waals surface area contributed by atoms with Gasteiger partial charge >= 0.3 is 5.97 Å². The summed E-state index contributed by atoms with van der Waals surface area (Å²) in [7, 11) is 0. The lowest BCUT2D eigenvalue weighted by molar-refractivity contribution is -0.298. The van der Waals surface area contributed by atoms with Gasteiger partial charge in [0.2, 0.25) is 0 Å². The van der Waals surface area contributed by atoms with Gasteiger partial charge < -0.3 is 19.0 Å². The van der Waals surface area contributed by atoms with E-state index in [1.54, 1.807) is 6.20 Å². The Morgan fingerprint density at radius 3 is 3.00 bits per heavy atom. The molecule has 0 bridgehead atoms. The predicted molar refractivity (Wildman–Crippen MR) is 74.5 cm³/mol. The highest BCUT2D eigenvalue weighted by molar-refractivity contribution is 5.66. The highest BCUT2D eigenvalue weighted by atomic mass is 16.7. The maximum Gasteiger partial charge on any atom is 0.303 e. The molecule has 6 heteroatoms. The van der Waals surface area contributed by atoms with Crippen molar-refractivity contribution >= 4 is 5.97 Å². The number of aliphatic carboxylic acids is 1. The Hall–Kier alpha value is -1.66. The number of rotatable bonds is 6. The smallest absolute Gasteiger partial charge is 0.303 e. The summed E-state index contributed by atoms with van der Waals surface area (Å²) in [5.41, 5.74) is 0. The van der Waals surface area contributed by atoms with Crippen LogP contribution in [0, 0.1) is 5.92 Å². The van der Waals surface area contributed by atoms with Crippen molar-refractivity contribution in [1.29, 1.82) is 0 Å². The molecule has 1 aliphatic rings. The normalized spacial score (nSPS) is 25.2. The number of nitrogens with zero attached hydrogens (tertiary/aromatic N) is 1. The molecule has 116 valence electrons. The fraction of sp³-hybridized carbons (Fsp3) is 0.600. The summed E-state index contributed by atoms with van der Waals surface area (Å²) in [4.78, 5) is 14.4. The highest BCUT2D eigenvalue weighted by Crippen LogP contribution is 2.38. The molecule has 1 aliphatic heterocycles. The van der Waals surface area contributed by atoms with Crippen LogP contribution in [-0.2, 0) is 14.3 Å². The first kappa shape index (κ1) is 15.7. The van der Waals surface area contributed by atoms with Gasteiger partial charge in [-0.2, -0.15) is 0 Å². The van der Waals surface area contributed by atoms with E-state index in [1.165, 1.54) is 6.39 Å². The number of ether oxygens (including phenoxy) is 2. The summed E-state index contributed by atoms with van der Waals surface area (Å²) >= 11 is 0. The molecule has 1 aromatic heterocycles. The van der Waals surface area contributed by atoms with Gasteiger partial charge in [-0.05, 0) is 26.7 Å². The molecule has 0 saturated carbocycles. The number of carbonyl (C=O) groups is 1. The molecular formula is C15H21NO5. The fourth-order valence-electron chi connectivity index (χ4n) is 2.27. The maximum atomic E-state index is 10.4. The van der Waals surface area contributed by atoms with E-state index < -0.39 is 11.8 Å².